The summed E-state index contributed by atoms with van der Waals surface area (Å²) < 4.78 is 50.3. The van der Waals surface area contributed by atoms with E-state index in [0.717, 1.165) is 18.6 Å². The van der Waals surface area contributed by atoms with Crippen LogP contribution in [0.5, 0.6) is 0 Å². The molecule has 0 aliphatic heterocycles. The lowest BCUT2D eigenvalue weighted by Crippen LogP contribution is -2.19. The second-order valence-electron chi connectivity index (χ2n) is 4.15. The van der Waals surface area contributed by atoms with Crippen molar-refractivity contribution in [1.29, 1.82) is 0 Å². The second-order valence-corrected chi connectivity index (χ2v) is 4.15. The molecule has 0 heterocycles. The van der Waals surface area contributed by atoms with Gasteiger partial charge in [-0.05, 0) is 23.6 Å². The summed E-state index contributed by atoms with van der Waals surface area (Å²) in [5.41, 5.74) is 4.97. The molecule has 0 radical (unpaired) electrons. The van der Waals surface area contributed by atoms with Crippen molar-refractivity contribution in [3.05, 3.63) is 35.1 Å². The van der Waals surface area contributed by atoms with Crippen molar-refractivity contribution >= 4 is 0 Å². The van der Waals surface area contributed by atoms with Gasteiger partial charge in [0, 0.05) is 6.04 Å². The molecule has 0 saturated heterocycles. The number of hydrogen-bond acceptors (Lipinski definition) is 1. The van der Waals surface area contributed by atoms with E-state index in [4.69, 9.17) is 5.73 Å². The molecule has 1 nitrogen and oxygen atoms in total. The van der Waals surface area contributed by atoms with Crippen LogP contribution in [0.4, 0.5) is 17.6 Å². The van der Waals surface area contributed by atoms with E-state index < -0.39 is 23.6 Å². The molecule has 1 unspecified atom stereocenters. The van der Waals surface area contributed by atoms with Crippen LogP contribution in [-0.4, -0.2) is 0 Å². The number of rotatable bonds is 3. The van der Waals surface area contributed by atoms with Gasteiger partial charge >= 0.3 is 6.18 Å². The Morgan fingerprint density at radius 2 is 1.88 bits per heavy atom. The maximum absolute atomic E-state index is 13.3. The fourth-order valence-electron chi connectivity index (χ4n) is 1.55. The maximum atomic E-state index is 13.3. The van der Waals surface area contributed by atoms with Crippen LogP contribution in [0.1, 0.15) is 37.4 Å². The Morgan fingerprint density at radius 3 is 2.29 bits per heavy atom. The van der Waals surface area contributed by atoms with Crippen molar-refractivity contribution in [2.45, 2.75) is 32.5 Å². The van der Waals surface area contributed by atoms with Crippen molar-refractivity contribution in [1.82, 2.24) is 0 Å². The van der Waals surface area contributed by atoms with Crippen LogP contribution in [0, 0.1) is 11.7 Å². The number of nitrogens with two attached hydrogens (primary N) is 1. The molecule has 0 aromatic heterocycles. The third-order valence-electron chi connectivity index (χ3n) is 2.94. The summed E-state index contributed by atoms with van der Waals surface area (Å²) in [6, 6.07) is 2.41. The van der Waals surface area contributed by atoms with Gasteiger partial charge in [0.1, 0.15) is 5.82 Å². The highest BCUT2D eigenvalue weighted by molar-refractivity contribution is 5.28. The van der Waals surface area contributed by atoms with Crippen LogP contribution in [0.3, 0.4) is 0 Å². The van der Waals surface area contributed by atoms with Gasteiger partial charge in [0.15, 0.2) is 0 Å². The molecular weight excluding hydrogens is 234 g/mol. The Kier molecular flexibility index (Phi) is 4.14. The molecule has 0 aliphatic rings. The molecule has 2 N–H and O–H groups in total. The van der Waals surface area contributed by atoms with E-state index in [1.165, 1.54) is 6.07 Å². The molecule has 0 aliphatic carbocycles. The van der Waals surface area contributed by atoms with Crippen molar-refractivity contribution in [3.63, 3.8) is 0 Å². The predicted molar refractivity (Wildman–Crippen MR) is 57.8 cm³/mol. The molecule has 1 aromatic carbocycles. The first-order valence-electron chi connectivity index (χ1n) is 5.39. The summed E-state index contributed by atoms with van der Waals surface area (Å²) in [5, 5.41) is 0. The summed E-state index contributed by atoms with van der Waals surface area (Å²) in [4.78, 5) is 0. The van der Waals surface area contributed by atoms with Crippen molar-refractivity contribution in [2.24, 2.45) is 11.7 Å². The normalized spacial score (nSPS) is 15.7. The van der Waals surface area contributed by atoms with E-state index in [-0.39, 0.29) is 5.92 Å². The Balaban J connectivity index is 3.05. The summed E-state index contributed by atoms with van der Waals surface area (Å²) in [6.45, 7) is 3.80. The minimum Gasteiger partial charge on any atom is -0.324 e. The maximum Gasteiger partial charge on any atom is 0.419 e. The molecule has 0 saturated carbocycles. The zero-order valence-electron chi connectivity index (χ0n) is 9.68. The number of hydrogen-bond donors (Lipinski definition) is 1. The van der Waals surface area contributed by atoms with Crippen LogP contribution in [-0.2, 0) is 6.18 Å². The SMILES string of the molecule is CCC(C)[C@H](N)c1ccc(C(F)(F)F)c(F)c1. The Morgan fingerprint density at radius 1 is 1.29 bits per heavy atom. The van der Waals surface area contributed by atoms with Crippen LogP contribution in [0.25, 0.3) is 0 Å². The van der Waals surface area contributed by atoms with E-state index in [2.05, 4.69) is 0 Å². The highest BCUT2D eigenvalue weighted by atomic mass is 19.4. The first kappa shape index (κ1) is 14.0. The van der Waals surface area contributed by atoms with Crippen molar-refractivity contribution < 1.29 is 17.6 Å². The standard InChI is InChI=1S/C12H15F4N/c1-3-7(2)11(17)8-4-5-9(10(13)6-8)12(14,15)16/h4-7,11H,3,17H2,1-2H3/t7?,11-/m0/s1. The molecule has 1 rings (SSSR count). The first-order valence-corrected chi connectivity index (χ1v) is 5.39. The highest BCUT2D eigenvalue weighted by Gasteiger charge is 2.34. The summed E-state index contributed by atoms with van der Waals surface area (Å²) in [6.07, 6.45) is -3.88. The third kappa shape index (κ3) is 3.19. The summed E-state index contributed by atoms with van der Waals surface area (Å²) >= 11 is 0. The van der Waals surface area contributed by atoms with Gasteiger partial charge in [0.25, 0.3) is 0 Å². The topological polar surface area (TPSA) is 26.0 Å². The molecule has 0 bridgehead atoms. The first-order chi connectivity index (χ1) is 7.77. The monoisotopic (exact) mass is 249 g/mol. The fourth-order valence-corrected chi connectivity index (χ4v) is 1.55. The van der Waals surface area contributed by atoms with Gasteiger partial charge in [-0.2, -0.15) is 13.2 Å². The van der Waals surface area contributed by atoms with Crippen LogP contribution >= 0.6 is 0 Å². The molecule has 1 aromatic rings. The Bertz CT molecular complexity index is 387. The Labute approximate surface area is 97.6 Å². The molecule has 0 fully saturated rings. The lowest BCUT2D eigenvalue weighted by Gasteiger charge is -2.19. The third-order valence-corrected chi connectivity index (χ3v) is 2.94. The van der Waals surface area contributed by atoms with Crippen molar-refractivity contribution in [2.75, 3.05) is 0 Å². The molecule has 17 heavy (non-hydrogen) atoms. The van der Waals surface area contributed by atoms with Crippen LogP contribution < -0.4 is 5.73 Å². The zero-order chi connectivity index (χ0) is 13.2. The quantitative estimate of drug-likeness (QED) is 0.808. The predicted octanol–water partition coefficient (Wildman–Crippen LogP) is 3.89. The summed E-state index contributed by atoms with van der Waals surface area (Å²) in [7, 11) is 0. The fraction of sp³-hybridized carbons (Fsp3) is 0.500. The number of benzene rings is 1. The number of alkyl halides is 3. The van der Waals surface area contributed by atoms with Crippen molar-refractivity contribution in [3.8, 4) is 0 Å². The van der Waals surface area contributed by atoms with Gasteiger partial charge in [-0.15, -0.1) is 0 Å². The summed E-state index contributed by atoms with van der Waals surface area (Å²) in [5.74, 6) is -1.18. The largest absolute Gasteiger partial charge is 0.419 e. The second kappa shape index (κ2) is 5.04. The van der Waals surface area contributed by atoms with Gasteiger partial charge in [0.2, 0.25) is 0 Å². The van der Waals surface area contributed by atoms with E-state index in [0.29, 0.717) is 5.56 Å². The van der Waals surface area contributed by atoms with E-state index in [1.54, 1.807) is 0 Å². The average Bonchev–Trinajstić information content (AvgIpc) is 2.25. The molecular formula is C12H15F4N. The zero-order valence-corrected chi connectivity index (χ0v) is 9.68. The lowest BCUT2D eigenvalue weighted by atomic mass is 9.92. The lowest BCUT2D eigenvalue weighted by molar-refractivity contribution is -0.140. The molecule has 0 spiro atoms. The van der Waals surface area contributed by atoms with Crippen LogP contribution in [0.15, 0.2) is 18.2 Å². The van der Waals surface area contributed by atoms with Gasteiger partial charge in [-0.25, -0.2) is 4.39 Å². The van der Waals surface area contributed by atoms with E-state index >= 15 is 0 Å². The highest BCUT2D eigenvalue weighted by Crippen LogP contribution is 2.33. The van der Waals surface area contributed by atoms with E-state index in [9.17, 15) is 17.6 Å². The minimum atomic E-state index is -4.66. The molecule has 0 amide bonds. The average molecular weight is 249 g/mol. The van der Waals surface area contributed by atoms with Gasteiger partial charge in [0.05, 0.1) is 5.56 Å². The van der Waals surface area contributed by atoms with Gasteiger partial charge < -0.3 is 5.73 Å². The van der Waals surface area contributed by atoms with Gasteiger partial charge in [-0.1, -0.05) is 26.3 Å². The molecule has 96 valence electrons. The van der Waals surface area contributed by atoms with Crippen LogP contribution in [0.2, 0.25) is 0 Å². The smallest absolute Gasteiger partial charge is 0.324 e. The minimum absolute atomic E-state index is 0.0890. The number of halogens is 4. The van der Waals surface area contributed by atoms with Gasteiger partial charge in [-0.3, -0.25) is 0 Å². The molecule has 5 heteroatoms. The Hall–Kier alpha value is -1.10. The van der Waals surface area contributed by atoms with E-state index in [1.807, 2.05) is 13.8 Å². The molecule has 2 atom stereocenters.